The predicted octanol–water partition coefficient (Wildman–Crippen LogP) is 2.85. The minimum atomic E-state index is -0.340. The van der Waals surface area contributed by atoms with E-state index in [1.807, 2.05) is 6.92 Å². The molecule has 0 aliphatic carbocycles. The first-order valence-electron chi connectivity index (χ1n) is 4.98. The number of halogens is 2. The smallest absolute Gasteiger partial charge is 0.127 e. The van der Waals surface area contributed by atoms with Gasteiger partial charge in [0.1, 0.15) is 18.2 Å². The predicted molar refractivity (Wildman–Crippen MR) is 64.2 cm³/mol. The molecule has 2 nitrogen and oxygen atoms in total. The highest BCUT2D eigenvalue weighted by molar-refractivity contribution is 6.29. The molecule has 0 aromatic heterocycles. The highest BCUT2D eigenvalue weighted by atomic mass is 35.5. The van der Waals surface area contributed by atoms with E-state index in [-0.39, 0.29) is 18.5 Å². The fourth-order valence-corrected chi connectivity index (χ4v) is 1.41. The zero-order chi connectivity index (χ0) is 12.1. The maximum atomic E-state index is 13.2. The van der Waals surface area contributed by atoms with Crippen LogP contribution in [-0.2, 0) is 6.42 Å². The van der Waals surface area contributed by atoms with Crippen LogP contribution in [0.4, 0.5) is 4.39 Å². The average Bonchev–Trinajstić information content (AvgIpc) is 2.12. The molecule has 1 unspecified atom stereocenters. The normalized spacial score (nSPS) is 12.2. The van der Waals surface area contributed by atoms with Crippen molar-refractivity contribution in [1.29, 1.82) is 0 Å². The molecular formula is C12H15ClFNO. The van der Waals surface area contributed by atoms with E-state index in [0.29, 0.717) is 17.2 Å². The molecule has 0 amide bonds. The van der Waals surface area contributed by atoms with Crippen LogP contribution in [0.2, 0.25) is 0 Å². The second kappa shape index (κ2) is 5.87. The van der Waals surface area contributed by atoms with Crippen LogP contribution in [0.25, 0.3) is 0 Å². The van der Waals surface area contributed by atoms with Gasteiger partial charge in [0.15, 0.2) is 0 Å². The maximum Gasteiger partial charge on any atom is 0.127 e. The molecule has 1 aromatic carbocycles. The van der Waals surface area contributed by atoms with Gasteiger partial charge < -0.3 is 10.5 Å². The number of hydrogen-bond donors (Lipinski definition) is 1. The Morgan fingerprint density at radius 3 is 2.81 bits per heavy atom. The van der Waals surface area contributed by atoms with Crippen molar-refractivity contribution in [3.8, 4) is 5.75 Å². The molecule has 0 heterocycles. The molecule has 0 fully saturated rings. The Morgan fingerprint density at radius 1 is 1.56 bits per heavy atom. The van der Waals surface area contributed by atoms with E-state index in [0.717, 1.165) is 5.56 Å². The van der Waals surface area contributed by atoms with Gasteiger partial charge in [0, 0.05) is 17.1 Å². The minimum Gasteiger partial charge on any atom is -0.488 e. The van der Waals surface area contributed by atoms with E-state index in [1.165, 1.54) is 12.1 Å². The number of rotatable bonds is 5. The van der Waals surface area contributed by atoms with Gasteiger partial charge in [-0.1, -0.05) is 18.2 Å². The Hall–Kier alpha value is -1.06. The molecular weight excluding hydrogens is 229 g/mol. The van der Waals surface area contributed by atoms with Gasteiger partial charge in [-0.3, -0.25) is 0 Å². The molecule has 0 aliphatic heterocycles. The molecule has 88 valence electrons. The molecule has 0 aliphatic rings. The summed E-state index contributed by atoms with van der Waals surface area (Å²) < 4.78 is 18.5. The van der Waals surface area contributed by atoms with E-state index >= 15 is 0 Å². The largest absolute Gasteiger partial charge is 0.488 e. The van der Waals surface area contributed by atoms with Crippen molar-refractivity contribution in [1.82, 2.24) is 0 Å². The van der Waals surface area contributed by atoms with E-state index in [9.17, 15) is 4.39 Å². The highest BCUT2D eigenvalue weighted by Gasteiger charge is 2.04. The first kappa shape index (κ1) is 13.0. The lowest BCUT2D eigenvalue weighted by Gasteiger charge is -2.09. The standard InChI is InChI=1S/C12H15ClFNO/c1-8(13)7-16-12-5-10(3-9(2)15)4-11(14)6-12/h4-6,9H,1,3,7,15H2,2H3. The first-order chi connectivity index (χ1) is 7.47. The van der Waals surface area contributed by atoms with Crippen LogP contribution in [0.5, 0.6) is 5.75 Å². The van der Waals surface area contributed by atoms with Crippen LogP contribution in [-0.4, -0.2) is 12.6 Å². The summed E-state index contributed by atoms with van der Waals surface area (Å²) >= 11 is 5.56. The summed E-state index contributed by atoms with van der Waals surface area (Å²) in [5.74, 6) is 0.103. The second-order valence-electron chi connectivity index (χ2n) is 3.78. The molecule has 1 aromatic rings. The third-order valence-corrected chi connectivity index (χ3v) is 1.99. The molecule has 0 saturated carbocycles. The molecule has 1 atom stereocenters. The van der Waals surface area contributed by atoms with Gasteiger partial charge >= 0.3 is 0 Å². The molecule has 4 heteroatoms. The van der Waals surface area contributed by atoms with Crippen molar-refractivity contribution >= 4 is 11.6 Å². The number of hydrogen-bond acceptors (Lipinski definition) is 2. The van der Waals surface area contributed by atoms with Gasteiger partial charge in [-0.05, 0) is 31.0 Å². The van der Waals surface area contributed by atoms with Gasteiger partial charge in [-0.15, -0.1) is 0 Å². The van der Waals surface area contributed by atoms with E-state index in [4.69, 9.17) is 22.1 Å². The van der Waals surface area contributed by atoms with Crippen molar-refractivity contribution < 1.29 is 9.13 Å². The van der Waals surface area contributed by atoms with E-state index in [1.54, 1.807) is 6.07 Å². The quantitative estimate of drug-likeness (QED) is 0.863. The number of nitrogens with two attached hydrogens (primary N) is 1. The summed E-state index contributed by atoms with van der Waals surface area (Å²) in [7, 11) is 0. The third kappa shape index (κ3) is 4.64. The lowest BCUT2D eigenvalue weighted by atomic mass is 10.1. The van der Waals surface area contributed by atoms with Crippen molar-refractivity contribution in [3.05, 3.63) is 41.2 Å². The summed E-state index contributed by atoms with van der Waals surface area (Å²) in [6.07, 6.45) is 0.607. The van der Waals surface area contributed by atoms with Crippen LogP contribution in [0.1, 0.15) is 12.5 Å². The molecule has 0 radical (unpaired) electrons. The fourth-order valence-electron chi connectivity index (χ4n) is 1.36. The van der Waals surface area contributed by atoms with Crippen molar-refractivity contribution in [2.24, 2.45) is 5.73 Å². The van der Waals surface area contributed by atoms with Gasteiger partial charge in [0.05, 0.1) is 0 Å². The topological polar surface area (TPSA) is 35.2 Å². The maximum absolute atomic E-state index is 13.2. The first-order valence-corrected chi connectivity index (χ1v) is 5.36. The molecule has 0 spiro atoms. The monoisotopic (exact) mass is 243 g/mol. The van der Waals surface area contributed by atoms with E-state index in [2.05, 4.69) is 6.58 Å². The number of ether oxygens (including phenoxy) is 1. The van der Waals surface area contributed by atoms with Gasteiger partial charge in [-0.2, -0.15) is 0 Å². The SMILES string of the molecule is C=C(Cl)COc1cc(F)cc(CC(C)N)c1. The molecule has 2 N–H and O–H groups in total. The summed E-state index contributed by atoms with van der Waals surface area (Å²) in [5.41, 5.74) is 6.46. The third-order valence-electron chi connectivity index (χ3n) is 1.88. The lowest BCUT2D eigenvalue weighted by Crippen LogP contribution is -2.17. The fraction of sp³-hybridized carbons (Fsp3) is 0.333. The lowest BCUT2D eigenvalue weighted by molar-refractivity contribution is 0.356. The van der Waals surface area contributed by atoms with Gasteiger partial charge in [0.25, 0.3) is 0 Å². The average molecular weight is 244 g/mol. The number of benzene rings is 1. The summed E-state index contributed by atoms with van der Waals surface area (Å²) in [5, 5.41) is 0.373. The Balaban J connectivity index is 2.77. The van der Waals surface area contributed by atoms with Crippen LogP contribution in [0, 0.1) is 5.82 Å². The Labute approximate surface area is 99.9 Å². The molecule has 0 saturated heterocycles. The zero-order valence-corrected chi connectivity index (χ0v) is 9.93. The summed E-state index contributed by atoms with van der Waals surface area (Å²) in [4.78, 5) is 0. The Kier molecular flexibility index (Phi) is 4.77. The molecule has 0 bridgehead atoms. The highest BCUT2D eigenvalue weighted by Crippen LogP contribution is 2.18. The van der Waals surface area contributed by atoms with Crippen LogP contribution in [0.3, 0.4) is 0 Å². The van der Waals surface area contributed by atoms with Crippen LogP contribution in [0.15, 0.2) is 29.8 Å². The van der Waals surface area contributed by atoms with Crippen LogP contribution < -0.4 is 10.5 Å². The van der Waals surface area contributed by atoms with Crippen molar-refractivity contribution in [2.75, 3.05) is 6.61 Å². The summed E-state index contributed by atoms with van der Waals surface area (Å²) in [6.45, 7) is 5.53. The minimum absolute atomic E-state index is 0.0161. The van der Waals surface area contributed by atoms with Crippen molar-refractivity contribution in [3.63, 3.8) is 0 Å². The van der Waals surface area contributed by atoms with Crippen molar-refractivity contribution in [2.45, 2.75) is 19.4 Å². The second-order valence-corrected chi connectivity index (χ2v) is 4.32. The Bertz CT molecular complexity index is 379. The summed E-state index contributed by atoms with van der Waals surface area (Å²) in [6, 6.07) is 4.50. The Morgan fingerprint density at radius 2 is 2.25 bits per heavy atom. The van der Waals surface area contributed by atoms with E-state index < -0.39 is 0 Å². The molecule has 16 heavy (non-hydrogen) atoms. The van der Waals surface area contributed by atoms with Gasteiger partial charge in [-0.25, -0.2) is 4.39 Å². The van der Waals surface area contributed by atoms with Crippen LogP contribution >= 0.6 is 11.6 Å². The molecule has 1 rings (SSSR count). The zero-order valence-electron chi connectivity index (χ0n) is 9.17. The van der Waals surface area contributed by atoms with Gasteiger partial charge in [0.2, 0.25) is 0 Å².